The minimum absolute atomic E-state index is 0.295. The first-order chi connectivity index (χ1) is 7.33. The summed E-state index contributed by atoms with van der Waals surface area (Å²) in [4.78, 5) is 6.88. The highest BCUT2D eigenvalue weighted by atomic mass is 15.2. The Kier molecular flexibility index (Phi) is 3.34. The maximum atomic E-state index is 5.87. The molecule has 0 aliphatic carbocycles. The van der Waals surface area contributed by atoms with E-state index in [2.05, 4.69) is 22.9 Å². The van der Waals surface area contributed by atoms with Gasteiger partial charge in [0, 0.05) is 18.8 Å². The molecule has 2 rings (SSSR count). The van der Waals surface area contributed by atoms with Gasteiger partial charge in [-0.2, -0.15) is 0 Å². The lowest BCUT2D eigenvalue weighted by Crippen LogP contribution is -2.36. The molecule has 2 heterocycles. The van der Waals surface area contributed by atoms with Crippen LogP contribution in [0.25, 0.3) is 0 Å². The summed E-state index contributed by atoms with van der Waals surface area (Å²) in [5.74, 6) is 0. The Balaban J connectivity index is 2.17. The SMILES string of the molecule is CC1CCCN1C(CN)c1ccccn1. The van der Waals surface area contributed by atoms with Crippen LogP contribution in [-0.2, 0) is 0 Å². The molecule has 0 amide bonds. The number of nitrogens with two attached hydrogens (primary N) is 1. The van der Waals surface area contributed by atoms with E-state index < -0.39 is 0 Å². The van der Waals surface area contributed by atoms with Crippen LogP contribution in [0.5, 0.6) is 0 Å². The van der Waals surface area contributed by atoms with Crippen molar-refractivity contribution >= 4 is 0 Å². The first kappa shape index (κ1) is 10.6. The van der Waals surface area contributed by atoms with Crippen molar-refractivity contribution in [2.75, 3.05) is 13.1 Å². The molecule has 82 valence electrons. The summed E-state index contributed by atoms with van der Waals surface area (Å²) in [5.41, 5.74) is 6.97. The van der Waals surface area contributed by atoms with Gasteiger partial charge in [0.15, 0.2) is 0 Å². The normalized spacial score (nSPS) is 24.3. The first-order valence-electron chi connectivity index (χ1n) is 5.69. The summed E-state index contributed by atoms with van der Waals surface area (Å²) in [5, 5.41) is 0. The predicted octanol–water partition coefficient (Wildman–Crippen LogP) is 1.57. The number of rotatable bonds is 3. The average Bonchev–Trinajstić information content (AvgIpc) is 2.68. The van der Waals surface area contributed by atoms with Gasteiger partial charge < -0.3 is 5.73 Å². The van der Waals surface area contributed by atoms with Gasteiger partial charge >= 0.3 is 0 Å². The van der Waals surface area contributed by atoms with Gasteiger partial charge in [-0.1, -0.05) is 6.07 Å². The fourth-order valence-corrected chi connectivity index (χ4v) is 2.42. The topological polar surface area (TPSA) is 42.1 Å². The zero-order chi connectivity index (χ0) is 10.7. The highest BCUT2D eigenvalue weighted by Crippen LogP contribution is 2.27. The van der Waals surface area contributed by atoms with Gasteiger partial charge in [0.2, 0.25) is 0 Å². The van der Waals surface area contributed by atoms with Crippen LogP contribution in [0.1, 0.15) is 31.5 Å². The van der Waals surface area contributed by atoms with Crippen LogP contribution in [-0.4, -0.2) is 29.0 Å². The third-order valence-electron chi connectivity index (χ3n) is 3.26. The Bertz CT molecular complexity index is 299. The summed E-state index contributed by atoms with van der Waals surface area (Å²) in [6.45, 7) is 4.08. The second kappa shape index (κ2) is 4.73. The molecule has 0 bridgehead atoms. The average molecular weight is 205 g/mol. The lowest BCUT2D eigenvalue weighted by atomic mass is 10.1. The third-order valence-corrected chi connectivity index (χ3v) is 3.26. The van der Waals surface area contributed by atoms with Gasteiger partial charge in [0.05, 0.1) is 11.7 Å². The van der Waals surface area contributed by atoms with E-state index in [1.807, 2.05) is 18.3 Å². The molecule has 1 aliphatic rings. The summed E-state index contributed by atoms with van der Waals surface area (Å²) in [7, 11) is 0. The highest BCUT2D eigenvalue weighted by molar-refractivity contribution is 5.10. The fraction of sp³-hybridized carbons (Fsp3) is 0.583. The van der Waals surface area contributed by atoms with Gasteiger partial charge in [-0.15, -0.1) is 0 Å². The van der Waals surface area contributed by atoms with Crippen LogP contribution in [0.15, 0.2) is 24.4 Å². The number of likely N-dealkylation sites (tertiary alicyclic amines) is 1. The summed E-state index contributed by atoms with van der Waals surface area (Å²) >= 11 is 0. The van der Waals surface area contributed by atoms with Crippen molar-refractivity contribution in [1.29, 1.82) is 0 Å². The summed E-state index contributed by atoms with van der Waals surface area (Å²) in [6.07, 6.45) is 4.41. The molecule has 1 aromatic heterocycles. The predicted molar refractivity (Wildman–Crippen MR) is 61.4 cm³/mol. The number of pyridine rings is 1. The second-order valence-corrected chi connectivity index (χ2v) is 4.24. The number of aromatic nitrogens is 1. The number of nitrogens with zero attached hydrogens (tertiary/aromatic N) is 2. The van der Waals surface area contributed by atoms with Gasteiger partial charge in [-0.05, 0) is 38.4 Å². The lowest BCUT2D eigenvalue weighted by Gasteiger charge is -2.29. The molecule has 0 spiro atoms. The first-order valence-corrected chi connectivity index (χ1v) is 5.69. The molecule has 2 N–H and O–H groups in total. The van der Waals surface area contributed by atoms with E-state index in [-0.39, 0.29) is 0 Å². The molecular formula is C12H19N3. The standard InChI is InChI=1S/C12H19N3/c1-10-5-4-8-15(10)12(9-13)11-6-2-3-7-14-11/h2-3,6-7,10,12H,4-5,8-9,13H2,1H3. The molecule has 0 aromatic carbocycles. The van der Waals surface area contributed by atoms with E-state index in [1.54, 1.807) is 0 Å². The summed E-state index contributed by atoms with van der Waals surface area (Å²) in [6, 6.07) is 6.99. The monoisotopic (exact) mass is 205 g/mol. The van der Waals surface area contributed by atoms with E-state index in [0.717, 1.165) is 12.2 Å². The Hall–Kier alpha value is -0.930. The van der Waals surface area contributed by atoms with Crippen LogP contribution in [0, 0.1) is 0 Å². The molecule has 0 radical (unpaired) electrons. The fourth-order valence-electron chi connectivity index (χ4n) is 2.42. The van der Waals surface area contributed by atoms with Crippen LogP contribution in [0.4, 0.5) is 0 Å². The number of hydrogen-bond donors (Lipinski definition) is 1. The Morgan fingerprint density at radius 3 is 3.00 bits per heavy atom. The molecule has 1 aliphatic heterocycles. The molecule has 1 saturated heterocycles. The van der Waals surface area contributed by atoms with Crippen molar-refractivity contribution in [3.8, 4) is 0 Å². The zero-order valence-electron chi connectivity index (χ0n) is 9.26. The highest BCUT2D eigenvalue weighted by Gasteiger charge is 2.28. The molecule has 2 atom stereocenters. The van der Waals surface area contributed by atoms with Crippen molar-refractivity contribution in [1.82, 2.24) is 9.88 Å². The van der Waals surface area contributed by atoms with Crippen molar-refractivity contribution in [2.45, 2.75) is 31.8 Å². The van der Waals surface area contributed by atoms with E-state index in [1.165, 1.54) is 12.8 Å². The molecular weight excluding hydrogens is 186 g/mol. The molecule has 2 unspecified atom stereocenters. The zero-order valence-corrected chi connectivity index (χ0v) is 9.26. The van der Waals surface area contributed by atoms with Crippen LogP contribution in [0.2, 0.25) is 0 Å². The molecule has 3 nitrogen and oxygen atoms in total. The third kappa shape index (κ3) is 2.19. The molecule has 15 heavy (non-hydrogen) atoms. The molecule has 3 heteroatoms. The number of hydrogen-bond acceptors (Lipinski definition) is 3. The van der Waals surface area contributed by atoms with E-state index >= 15 is 0 Å². The maximum absolute atomic E-state index is 5.87. The van der Waals surface area contributed by atoms with Crippen LogP contribution in [0.3, 0.4) is 0 Å². The molecule has 1 aromatic rings. The van der Waals surface area contributed by atoms with Crippen molar-refractivity contribution in [2.24, 2.45) is 5.73 Å². The quantitative estimate of drug-likeness (QED) is 0.814. The van der Waals surface area contributed by atoms with E-state index in [4.69, 9.17) is 5.73 Å². The minimum Gasteiger partial charge on any atom is -0.329 e. The molecule has 1 fully saturated rings. The van der Waals surface area contributed by atoms with Gasteiger partial charge in [0.1, 0.15) is 0 Å². The van der Waals surface area contributed by atoms with Gasteiger partial charge in [-0.3, -0.25) is 9.88 Å². The van der Waals surface area contributed by atoms with Gasteiger partial charge in [-0.25, -0.2) is 0 Å². The maximum Gasteiger partial charge on any atom is 0.0646 e. The lowest BCUT2D eigenvalue weighted by molar-refractivity contribution is 0.192. The minimum atomic E-state index is 0.295. The van der Waals surface area contributed by atoms with E-state index in [9.17, 15) is 0 Å². The van der Waals surface area contributed by atoms with Crippen molar-refractivity contribution in [3.05, 3.63) is 30.1 Å². The van der Waals surface area contributed by atoms with Crippen LogP contribution < -0.4 is 5.73 Å². The Morgan fingerprint density at radius 2 is 2.47 bits per heavy atom. The van der Waals surface area contributed by atoms with Crippen LogP contribution >= 0.6 is 0 Å². The smallest absolute Gasteiger partial charge is 0.0646 e. The van der Waals surface area contributed by atoms with Crippen molar-refractivity contribution in [3.63, 3.8) is 0 Å². The molecule has 0 saturated carbocycles. The Morgan fingerprint density at radius 1 is 1.60 bits per heavy atom. The largest absolute Gasteiger partial charge is 0.329 e. The Labute approximate surface area is 91.3 Å². The van der Waals surface area contributed by atoms with Crippen molar-refractivity contribution < 1.29 is 0 Å². The van der Waals surface area contributed by atoms with E-state index in [0.29, 0.717) is 18.6 Å². The van der Waals surface area contributed by atoms with Gasteiger partial charge in [0.25, 0.3) is 0 Å². The second-order valence-electron chi connectivity index (χ2n) is 4.24. The summed E-state index contributed by atoms with van der Waals surface area (Å²) < 4.78 is 0.